The fourth-order valence-electron chi connectivity index (χ4n) is 1.64. The smallest absolute Gasteiger partial charge is 0.251 e. The Morgan fingerprint density at radius 3 is 2.28 bits per heavy atom. The maximum absolute atomic E-state index is 12.0. The predicted molar refractivity (Wildman–Crippen MR) is 78.9 cm³/mol. The van der Waals surface area contributed by atoms with Gasteiger partial charge in [0.1, 0.15) is 0 Å². The molecule has 0 bridgehead atoms. The highest BCUT2D eigenvalue weighted by Crippen LogP contribution is 2.14. The minimum absolute atomic E-state index is 0.134. The maximum Gasteiger partial charge on any atom is 0.251 e. The molecular weight excluding hydrogens is 244 g/mol. The molecule has 0 radical (unpaired) electrons. The summed E-state index contributed by atoms with van der Waals surface area (Å²) >= 11 is 4.90. The van der Waals surface area contributed by atoms with Crippen molar-refractivity contribution in [2.24, 2.45) is 5.73 Å². The summed E-state index contributed by atoms with van der Waals surface area (Å²) in [6, 6.07) is 7.37. The summed E-state index contributed by atoms with van der Waals surface area (Å²) in [6.07, 6.45) is 0.700. The second kappa shape index (κ2) is 6.50. The molecule has 0 saturated heterocycles. The molecule has 1 unspecified atom stereocenters. The van der Waals surface area contributed by atoms with E-state index in [2.05, 4.69) is 19.2 Å². The first-order valence-corrected chi connectivity index (χ1v) is 6.56. The number of nitrogens with one attached hydrogen (secondary N) is 1. The lowest BCUT2D eigenvalue weighted by Gasteiger charge is -2.15. The number of rotatable bonds is 5. The first kappa shape index (κ1) is 14.6. The maximum atomic E-state index is 12.0. The second-order valence-corrected chi connectivity index (χ2v) is 5.08. The van der Waals surface area contributed by atoms with Crippen LogP contribution in [-0.2, 0) is 0 Å². The molecule has 18 heavy (non-hydrogen) atoms. The van der Waals surface area contributed by atoms with E-state index in [1.807, 2.05) is 31.2 Å². The van der Waals surface area contributed by atoms with Gasteiger partial charge in [-0.05, 0) is 30.0 Å². The van der Waals surface area contributed by atoms with E-state index in [4.69, 9.17) is 18.0 Å². The van der Waals surface area contributed by atoms with Gasteiger partial charge in [-0.15, -0.1) is 0 Å². The van der Waals surface area contributed by atoms with Crippen molar-refractivity contribution in [1.82, 2.24) is 5.32 Å². The van der Waals surface area contributed by atoms with Crippen LogP contribution in [0.2, 0.25) is 0 Å². The zero-order valence-electron chi connectivity index (χ0n) is 11.1. The molecular formula is C14H20N2OS. The number of thiocarbonyl (C=S) groups is 1. The molecule has 3 N–H and O–H groups in total. The molecule has 1 aromatic carbocycles. The van der Waals surface area contributed by atoms with Crippen LogP contribution in [0, 0.1) is 0 Å². The Balaban J connectivity index is 2.75. The van der Waals surface area contributed by atoms with Gasteiger partial charge in [-0.25, -0.2) is 0 Å². The Morgan fingerprint density at radius 1 is 1.33 bits per heavy atom. The van der Waals surface area contributed by atoms with Crippen LogP contribution in [0.1, 0.15) is 49.0 Å². The van der Waals surface area contributed by atoms with Crippen molar-refractivity contribution in [3.63, 3.8) is 0 Å². The molecule has 1 amide bonds. The standard InChI is InChI=1S/C14H20N2OS/c1-4-12(13(15)18)16-14(17)11-7-5-10(6-8-11)9(2)3/h5-9,12H,4H2,1-3H3,(H2,15,18)(H,16,17). The van der Waals surface area contributed by atoms with Gasteiger partial charge in [-0.3, -0.25) is 4.79 Å². The van der Waals surface area contributed by atoms with E-state index in [9.17, 15) is 4.79 Å². The number of hydrogen-bond acceptors (Lipinski definition) is 2. The Kier molecular flexibility index (Phi) is 5.28. The summed E-state index contributed by atoms with van der Waals surface area (Å²) in [5, 5.41) is 2.83. The summed E-state index contributed by atoms with van der Waals surface area (Å²) in [5.74, 6) is 0.326. The van der Waals surface area contributed by atoms with Gasteiger partial charge < -0.3 is 11.1 Å². The lowest BCUT2D eigenvalue weighted by Crippen LogP contribution is -2.42. The van der Waals surface area contributed by atoms with E-state index in [1.165, 1.54) is 5.56 Å². The summed E-state index contributed by atoms with van der Waals surface area (Å²) < 4.78 is 0. The van der Waals surface area contributed by atoms with Gasteiger partial charge >= 0.3 is 0 Å². The molecule has 0 saturated carbocycles. The molecule has 0 aliphatic carbocycles. The van der Waals surface area contributed by atoms with E-state index >= 15 is 0 Å². The van der Waals surface area contributed by atoms with Crippen LogP contribution >= 0.6 is 12.2 Å². The first-order chi connectivity index (χ1) is 8.45. The SMILES string of the molecule is CCC(NC(=O)c1ccc(C(C)C)cc1)C(N)=S. The van der Waals surface area contributed by atoms with Crippen LogP contribution in [-0.4, -0.2) is 16.9 Å². The highest BCUT2D eigenvalue weighted by molar-refractivity contribution is 7.80. The number of amides is 1. The number of carbonyl (C=O) groups is 1. The topological polar surface area (TPSA) is 55.1 Å². The lowest BCUT2D eigenvalue weighted by atomic mass is 10.0. The average Bonchev–Trinajstić information content (AvgIpc) is 2.35. The molecule has 1 aromatic rings. The summed E-state index contributed by atoms with van der Waals surface area (Å²) in [4.78, 5) is 12.3. The molecule has 0 aromatic heterocycles. The minimum Gasteiger partial charge on any atom is -0.392 e. The second-order valence-electron chi connectivity index (χ2n) is 4.61. The number of hydrogen-bond donors (Lipinski definition) is 2. The minimum atomic E-state index is -0.239. The zero-order chi connectivity index (χ0) is 13.7. The van der Waals surface area contributed by atoms with Gasteiger partial charge in [0.05, 0.1) is 11.0 Å². The van der Waals surface area contributed by atoms with E-state index in [-0.39, 0.29) is 11.9 Å². The van der Waals surface area contributed by atoms with Crippen LogP contribution in [0.3, 0.4) is 0 Å². The number of benzene rings is 1. The molecule has 0 heterocycles. The third-order valence-electron chi connectivity index (χ3n) is 2.90. The number of nitrogens with two attached hydrogens (primary N) is 1. The average molecular weight is 264 g/mol. The van der Waals surface area contributed by atoms with Crippen LogP contribution in [0.5, 0.6) is 0 Å². The molecule has 1 rings (SSSR count). The summed E-state index contributed by atoms with van der Waals surface area (Å²) in [6.45, 7) is 6.18. The van der Waals surface area contributed by atoms with Crippen molar-refractivity contribution in [1.29, 1.82) is 0 Å². The Bertz CT molecular complexity index is 426. The van der Waals surface area contributed by atoms with Crippen molar-refractivity contribution in [3.8, 4) is 0 Å². The van der Waals surface area contributed by atoms with Crippen molar-refractivity contribution in [2.45, 2.75) is 39.2 Å². The van der Waals surface area contributed by atoms with E-state index in [1.54, 1.807) is 0 Å². The molecule has 0 aliphatic rings. The van der Waals surface area contributed by atoms with Gasteiger partial charge in [0, 0.05) is 5.56 Å². The highest BCUT2D eigenvalue weighted by atomic mass is 32.1. The molecule has 0 aliphatic heterocycles. The van der Waals surface area contributed by atoms with Gasteiger partial charge in [0.25, 0.3) is 5.91 Å². The van der Waals surface area contributed by atoms with Crippen LogP contribution < -0.4 is 11.1 Å². The van der Waals surface area contributed by atoms with Crippen molar-refractivity contribution < 1.29 is 4.79 Å². The van der Waals surface area contributed by atoms with Crippen LogP contribution in [0.4, 0.5) is 0 Å². The lowest BCUT2D eigenvalue weighted by molar-refractivity contribution is 0.0946. The molecule has 3 nitrogen and oxygen atoms in total. The summed E-state index contributed by atoms with van der Waals surface area (Å²) in [5.41, 5.74) is 7.40. The van der Waals surface area contributed by atoms with E-state index in [0.717, 1.165) is 0 Å². The molecule has 4 heteroatoms. The quantitative estimate of drug-likeness (QED) is 0.804. The molecule has 1 atom stereocenters. The van der Waals surface area contributed by atoms with Gasteiger partial charge in [0.2, 0.25) is 0 Å². The monoisotopic (exact) mass is 264 g/mol. The Morgan fingerprint density at radius 2 is 1.89 bits per heavy atom. The van der Waals surface area contributed by atoms with Gasteiger partial charge in [-0.1, -0.05) is 45.1 Å². The molecule has 98 valence electrons. The fourth-order valence-corrected chi connectivity index (χ4v) is 1.86. The highest BCUT2D eigenvalue weighted by Gasteiger charge is 2.14. The molecule has 0 spiro atoms. The molecule has 0 fully saturated rings. The van der Waals surface area contributed by atoms with Crippen molar-refractivity contribution in [2.75, 3.05) is 0 Å². The zero-order valence-corrected chi connectivity index (χ0v) is 11.9. The summed E-state index contributed by atoms with van der Waals surface area (Å²) in [7, 11) is 0. The largest absolute Gasteiger partial charge is 0.392 e. The third kappa shape index (κ3) is 3.81. The fraction of sp³-hybridized carbons (Fsp3) is 0.429. The first-order valence-electron chi connectivity index (χ1n) is 6.15. The van der Waals surface area contributed by atoms with Gasteiger partial charge in [0.15, 0.2) is 0 Å². The van der Waals surface area contributed by atoms with Crippen LogP contribution in [0.25, 0.3) is 0 Å². The van der Waals surface area contributed by atoms with Crippen LogP contribution in [0.15, 0.2) is 24.3 Å². The Hall–Kier alpha value is -1.42. The number of carbonyl (C=O) groups excluding carboxylic acids is 1. The van der Waals surface area contributed by atoms with Gasteiger partial charge in [-0.2, -0.15) is 0 Å². The third-order valence-corrected chi connectivity index (χ3v) is 3.18. The van der Waals surface area contributed by atoms with Crippen molar-refractivity contribution >= 4 is 23.1 Å². The normalized spacial score (nSPS) is 12.2. The van der Waals surface area contributed by atoms with E-state index < -0.39 is 0 Å². The predicted octanol–water partition coefficient (Wildman–Crippen LogP) is 2.60. The Labute approximate surface area is 114 Å². The van der Waals surface area contributed by atoms with E-state index in [0.29, 0.717) is 22.9 Å². The van der Waals surface area contributed by atoms with Crippen molar-refractivity contribution in [3.05, 3.63) is 35.4 Å².